The first-order chi connectivity index (χ1) is 17.1. The monoisotopic (exact) mass is 507 g/mol. The molecule has 0 saturated carbocycles. The second-order valence-corrected chi connectivity index (χ2v) is 9.41. The van der Waals surface area contributed by atoms with Gasteiger partial charge in [0, 0.05) is 17.0 Å². The van der Waals surface area contributed by atoms with E-state index in [1.165, 1.54) is 6.42 Å². The Bertz CT molecular complexity index is 1250. The fourth-order valence-electron chi connectivity index (χ4n) is 3.57. The minimum Gasteiger partial charge on any atom is -0.486 e. The van der Waals surface area contributed by atoms with Crippen LogP contribution in [0, 0.1) is 18.8 Å². The quantitative estimate of drug-likeness (QED) is 0.275. The molecule has 180 valence electrons. The third kappa shape index (κ3) is 6.87. The van der Waals surface area contributed by atoms with Crippen LogP contribution in [0.25, 0.3) is 5.69 Å². The van der Waals surface area contributed by atoms with Gasteiger partial charge in [-0.05, 0) is 62.1 Å². The molecule has 9 heteroatoms. The van der Waals surface area contributed by atoms with Gasteiger partial charge >= 0.3 is 0 Å². The number of aromatic nitrogens is 4. The number of hydrogen-bond acceptors (Lipinski definition) is 6. The molecular formula is C26H26ClN5O2S. The Morgan fingerprint density at radius 1 is 1.34 bits per heavy atom. The number of ether oxygens (including phenoxy) is 1. The smallest absolute Gasteiger partial charge is 0.235 e. The number of benzene rings is 1. The highest BCUT2D eigenvalue weighted by Gasteiger charge is 2.19. The molecule has 0 spiro atoms. The van der Waals surface area contributed by atoms with Crippen LogP contribution >= 0.6 is 23.4 Å². The van der Waals surface area contributed by atoms with E-state index in [0.29, 0.717) is 16.8 Å². The van der Waals surface area contributed by atoms with E-state index in [0.717, 1.165) is 34.8 Å². The minimum atomic E-state index is -0.239. The molecule has 0 aliphatic heterocycles. The lowest BCUT2D eigenvalue weighted by atomic mass is 10.1. The van der Waals surface area contributed by atoms with E-state index < -0.39 is 0 Å². The van der Waals surface area contributed by atoms with Crippen LogP contribution in [-0.2, 0) is 11.4 Å². The van der Waals surface area contributed by atoms with Crippen LogP contribution in [0.3, 0.4) is 0 Å². The van der Waals surface area contributed by atoms with Crippen LogP contribution in [0.1, 0.15) is 36.2 Å². The summed E-state index contributed by atoms with van der Waals surface area (Å²) in [7, 11) is 0. The number of carbonyl (C=O) groups excluding carboxylic acids is 1. The van der Waals surface area contributed by atoms with Crippen molar-refractivity contribution >= 4 is 29.3 Å². The van der Waals surface area contributed by atoms with Gasteiger partial charge in [0.2, 0.25) is 5.91 Å². The summed E-state index contributed by atoms with van der Waals surface area (Å²) in [6.45, 7) is 2.49. The predicted molar refractivity (Wildman–Crippen MR) is 138 cm³/mol. The Balaban J connectivity index is 1.47. The van der Waals surface area contributed by atoms with Crippen molar-refractivity contribution in [2.24, 2.45) is 0 Å². The lowest BCUT2D eigenvalue weighted by Gasteiger charge is -2.16. The molecule has 0 bridgehead atoms. The molecule has 2 heterocycles. The van der Waals surface area contributed by atoms with Gasteiger partial charge in [-0.2, -0.15) is 0 Å². The molecular weight excluding hydrogens is 482 g/mol. The fourth-order valence-corrected chi connectivity index (χ4v) is 4.82. The van der Waals surface area contributed by atoms with Crippen molar-refractivity contribution in [2.45, 2.75) is 43.2 Å². The molecule has 1 aromatic carbocycles. The summed E-state index contributed by atoms with van der Waals surface area (Å²) >= 11 is 7.18. The molecule has 2 aromatic heterocycles. The van der Waals surface area contributed by atoms with Crippen molar-refractivity contribution in [1.29, 1.82) is 0 Å². The number of halogens is 1. The van der Waals surface area contributed by atoms with E-state index in [-0.39, 0.29) is 24.9 Å². The van der Waals surface area contributed by atoms with E-state index in [1.807, 2.05) is 41.8 Å². The standard InChI is InChI=1S/C26H26ClN5O2S/c1-19-15-22(12-11-20(19)7-5-14-29-25(33)16-27)34-18-24-30-31-26(35-23-9-3-2-4-10-23)32(24)21-8-6-13-28-17-21/h3,6,8-9,11-13,15,17,23H,2,4,10,14,16,18H2,1H3,(H,29,33). The maximum Gasteiger partial charge on any atom is 0.235 e. The van der Waals surface area contributed by atoms with Crippen LogP contribution in [-0.4, -0.2) is 43.3 Å². The number of nitrogens with zero attached hydrogens (tertiary/aromatic N) is 4. The molecule has 3 aromatic rings. The van der Waals surface area contributed by atoms with Crippen molar-refractivity contribution in [3.05, 3.63) is 71.8 Å². The van der Waals surface area contributed by atoms with Gasteiger partial charge < -0.3 is 10.1 Å². The number of amides is 1. The molecule has 1 N–H and O–H groups in total. The van der Waals surface area contributed by atoms with Crippen molar-refractivity contribution in [3.63, 3.8) is 0 Å². The molecule has 0 fully saturated rings. The molecule has 4 rings (SSSR count). The van der Waals surface area contributed by atoms with Gasteiger partial charge in [-0.1, -0.05) is 35.8 Å². The summed E-state index contributed by atoms with van der Waals surface area (Å²) in [6.07, 6.45) is 11.5. The first kappa shape index (κ1) is 24.8. The van der Waals surface area contributed by atoms with Crippen LogP contribution in [0.15, 0.2) is 60.0 Å². The normalized spacial score (nSPS) is 14.7. The second-order valence-electron chi connectivity index (χ2n) is 7.94. The first-order valence-electron chi connectivity index (χ1n) is 11.4. The zero-order valence-electron chi connectivity index (χ0n) is 19.4. The summed E-state index contributed by atoms with van der Waals surface area (Å²) in [5.74, 6) is 7.10. The zero-order valence-corrected chi connectivity index (χ0v) is 21.0. The minimum absolute atomic E-state index is 0.0703. The second kappa shape index (κ2) is 12.4. The van der Waals surface area contributed by atoms with Gasteiger partial charge in [0.25, 0.3) is 0 Å². The highest BCUT2D eigenvalue weighted by molar-refractivity contribution is 7.99. The maximum atomic E-state index is 11.2. The molecule has 1 amide bonds. The maximum absolute atomic E-state index is 11.2. The van der Waals surface area contributed by atoms with Crippen LogP contribution in [0.4, 0.5) is 0 Å². The molecule has 1 unspecified atom stereocenters. The van der Waals surface area contributed by atoms with E-state index in [4.69, 9.17) is 16.3 Å². The summed E-state index contributed by atoms with van der Waals surface area (Å²) in [6, 6.07) is 9.62. The highest BCUT2D eigenvalue weighted by atomic mass is 35.5. The molecule has 1 atom stereocenters. The van der Waals surface area contributed by atoms with Crippen molar-refractivity contribution in [1.82, 2.24) is 25.1 Å². The van der Waals surface area contributed by atoms with Crippen LogP contribution in [0.2, 0.25) is 0 Å². The topological polar surface area (TPSA) is 81.9 Å². The molecule has 35 heavy (non-hydrogen) atoms. The van der Waals surface area contributed by atoms with Crippen LogP contribution < -0.4 is 10.1 Å². The highest BCUT2D eigenvalue weighted by Crippen LogP contribution is 2.31. The lowest BCUT2D eigenvalue weighted by Crippen LogP contribution is -2.24. The average molecular weight is 508 g/mol. The third-order valence-electron chi connectivity index (χ3n) is 5.36. The van der Waals surface area contributed by atoms with Crippen molar-refractivity contribution < 1.29 is 9.53 Å². The van der Waals surface area contributed by atoms with Crippen molar-refractivity contribution in [2.75, 3.05) is 12.4 Å². The van der Waals surface area contributed by atoms with E-state index in [9.17, 15) is 4.79 Å². The number of rotatable bonds is 8. The Hall–Kier alpha value is -3.28. The van der Waals surface area contributed by atoms with Gasteiger partial charge in [-0.25, -0.2) is 0 Å². The molecule has 1 aliphatic carbocycles. The van der Waals surface area contributed by atoms with Gasteiger partial charge in [0.15, 0.2) is 11.0 Å². The summed E-state index contributed by atoms with van der Waals surface area (Å²) in [5.41, 5.74) is 2.75. The first-order valence-corrected chi connectivity index (χ1v) is 12.8. The molecule has 1 aliphatic rings. The molecule has 7 nitrogen and oxygen atoms in total. The molecule has 0 saturated heterocycles. The summed E-state index contributed by atoms with van der Waals surface area (Å²) in [5, 5.41) is 12.7. The lowest BCUT2D eigenvalue weighted by molar-refractivity contribution is -0.118. The largest absolute Gasteiger partial charge is 0.486 e. The van der Waals surface area contributed by atoms with Gasteiger partial charge in [-0.15, -0.1) is 21.8 Å². The Kier molecular flexibility index (Phi) is 8.82. The number of aryl methyl sites for hydroxylation is 1. The molecule has 0 radical (unpaired) electrons. The summed E-state index contributed by atoms with van der Waals surface area (Å²) in [4.78, 5) is 15.5. The number of thioether (sulfide) groups is 1. The number of hydrogen-bond donors (Lipinski definition) is 1. The number of allylic oxidation sites excluding steroid dienone is 1. The van der Waals surface area contributed by atoms with Crippen molar-refractivity contribution in [3.8, 4) is 23.3 Å². The van der Waals surface area contributed by atoms with Gasteiger partial charge in [0.05, 0.1) is 18.4 Å². The number of carbonyl (C=O) groups is 1. The van der Waals surface area contributed by atoms with Gasteiger partial charge in [0.1, 0.15) is 18.2 Å². The van der Waals surface area contributed by atoms with E-state index in [2.05, 4.69) is 44.5 Å². The predicted octanol–water partition coefficient (Wildman–Crippen LogP) is 4.46. The Morgan fingerprint density at radius 2 is 2.26 bits per heavy atom. The Morgan fingerprint density at radius 3 is 3.00 bits per heavy atom. The summed E-state index contributed by atoms with van der Waals surface area (Å²) < 4.78 is 8.09. The average Bonchev–Trinajstić information content (AvgIpc) is 3.29. The van der Waals surface area contributed by atoms with Gasteiger partial charge in [-0.3, -0.25) is 14.3 Å². The van der Waals surface area contributed by atoms with E-state index >= 15 is 0 Å². The number of alkyl halides is 1. The SMILES string of the molecule is Cc1cc(OCc2nnc(SC3C=CCCC3)n2-c2cccnc2)ccc1C#CCNC(=O)CCl. The number of pyridine rings is 1. The Labute approximate surface area is 214 Å². The zero-order chi connectivity index (χ0) is 24.5. The third-order valence-corrected chi connectivity index (χ3v) is 6.77. The van der Waals surface area contributed by atoms with Crippen LogP contribution in [0.5, 0.6) is 5.75 Å². The fraction of sp³-hybridized carbons (Fsp3) is 0.308. The number of nitrogens with one attached hydrogen (secondary N) is 1. The van der Waals surface area contributed by atoms with E-state index in [1.54, 1.807) is 24.2 Å².